The van der Waals surface area contributed by atoms with Gasteiger partial charge in [-0.25, -0.2) is 0 Å². The SMILES string of the molecule is CS.OCCOc1ccccc1OCC(F)(F)F. The molecular formula is C11H15F3O3S. The van der Waals surface area contributed by atoms with Crippen molar-refractivity contribution in [1.29, 1.82) is 0 Å². The first-order chi connectivity index (χ1) is 8.53. The average molecular weight is 284 g/mol. The Morgan fingerprint density at radius 2 is 1.61 bits per heavy atom. The zero-order chi connectivity index (χ0) is 14.0. The molecule has 18 heavy (non-hydrogen) atoms. The second-order valence-corrected chi connectivity index (χ2v) is 2.92. The third kappa shape index (κ3) is 7.29. The summed E-state index contributed by atoms with van der Waals surface area (Å²) < 4.78 is 45.3. The molecule has 1 rings (SSSR count). The van der Waals surface area contributed by atoms with Crippen LogP contribution in [0.5, 0.6) is 11.5 Å². The lowest BCUT2D eigenvalue weighted by atomic mass is 10.3. The Morgan fingerprint density at radius 1 is 1.11 bits per heavy atom. The monoisotopic (exact) mass is 284 g/mol. The molecule has 0 heterocycles. The van der Waals surface area contributed by atoms with E-state index in [0.29, 0.717) is 0 Å². The summed E-state index contributed by atoms with van der Waals surface area (Å²) in [6.45, 7) is -1.58. The fourth-order valence-corrected chi connectivity index (χ4v) is 1.00. The van der Waals surface area contributed by atoms with E-state index in [9.17, 15) is 13.2 Å². The van der Waals surface area contributed by atoms with E-state index >= 15 is 0 Å². The molecule has 104 valence electrons. The van der Waals surface area contributed by atoms with Crippen molar-refractivity contribution in [2.45, 2.75) is 6.18 Å². The third-order valence-electron chi connectivity index (χ3n) is 1.59. The molecular weight excluding hydrogens is 269 g/mol. The van der Waals surface area contributed by atoms with E-state index in [-0.39, 0.29) is 24.7 Å². The van der Waals surface area contributed by atoms with E-state index < -0.39 is 12.8 Å². The molecule has 0 unspecified atom stereocenters. The summed E-state index contributed by atoms with van der Waals surface area (Å²) in [5.41, 5.74) is 0. The van der Waals surface area contributed by atoms with Gasteiger partial charge in [-0.2, -0.15) is 25.8 Å². The largest absolute Gasteiger partial charge is 0.487 e. The van der Waals surface area contributed by atoms with Gasteiger partial charge in [-0.15, -0.1) is 0 Å². The highest BCUT2D eigenvalue weighted by molar-refractivity contribution is 7.79. The maximum atomic E-state index is 11.9. The van der Waals surface area contributed by atoms with Gasteiger partial charge >= 0.3 is 6.18 Å². The molecule has 0 aromatic heterocycles. The van der Waals surface area contributed by atoms with Crippen molar-refractivity contribution in [1.82, 2.24) is 0 Å². The van der Waals surface area contributed by atoms with Crippen LogP contribution in [0.4, 0.5) is 13.2 Å². The fourth-order valence-electron chi connectivity index (χ4n) is 1.00. The van der Waals surface area contributed by atoms with Crippen LogP contribution in [0.3, 0.4) is 0 Å². The van der Waals surface area contributed by atoms with Crippen molar-refractivity contribution >= 4 is 12.6 Å². The Kier molecular flexibility index (Phi) is 8.40. The molecule has 7 heteroatoms. The Balaban J connectivity index is 0.00000137. The maximum absolute atomic E-state index is 11.9. The summed E-state index contributed by atoms with van der Waals surface area (Å²) in [5.74, 6) is 0.189. The summed E-state index contributed by atoms with van der Waals surface area (Å²) in [6, 6.07) is 5.99. The van der Waals surface area contributed by atoms with Crippen LogP contribution in [-0.2, 0) is 0 Å². The number of hydrogen-bond acceptors (Lipinski definition) is 4. The molecule has 0 aliphatic carbocycles. The summed E-state index contributed by atoms with van der Waals surface area (Å²) in [6.07, 6.45) is -2.69. The lowest BCUT2D eigenvalue weighted by molar-refractivity contribution is -0.153. The highest BCUT2D eigenvalue weighted by Gasteiger charge is 2.28. The number of aliphatic hydroxyl groups is 1. The zero-order valence-corrected chi connectivity index (χ0v) is 10.7. The predicted octanol–water partition coefficient (Wildman–Crippen LogP) is 2.54. The first-order valence-corrected chi connectivity index (χ1v) is 5.89. The molecule has 0 aliphatic rings. The van der Waals surface area contributed by atoms with Gasteiger partial charge in [0.25, 0.3) is 0 Å². The maximum Gasteiger partial charge on any atom is 0.422 e. The number of benzene rings is 1. The third-order valence-corrected chi connectivity index (χ3v) is 1.59. The number of para-hydroxylation sites is 2. The number of ether oxygens (including phenoxy) is 2. The molecule has 0 saturated heterocycles. The first-order valence-electron chi connectivity index (χ1n) is 5.00. The van der Waals surface area contributed by atoms with Gasteiger partial charge in [0.15, 0.2) is 18.1 Å². The molecule has 1 N–H and O–H groups in total. The van der Waals surface area contributed by atoms with Gasteiger partial charge in [-0.3, -0.25) is 0 Å². The quantitative estimate of drug-likeness (QED) is 0.816. The second-order valence-electron chi connectivity index (χ2n) is 2.92. The first kappa shape index (κ1) is 16.9. The molecule has 0 amide bonds. The number of aliphatic hydroxyl groups excluding tert-OH is 1. The van der Waals surface area contributed by atoms with E-state index in [1.54, 1.807) is 12.3 Å². The van der Waals surface area contributed by atoms with E-state index in [1.807, 2.05) is 0 Å². The zero-order valence-electron chi connectivity index (χ0n) is 9.78. The van der Waals surface area contributed by atoms with Crippen LogP contribution in [0.15, 0.2) is 24.3 Å². The van der Waals surface area contributed by atoms with E-state index in [2.05, 4.69) is 17.4 Å². The standard InChI is InChI=1S/C10H11F3O3.CH4S/c11-10(12,13)7-16-9-4-2-1-3-8(9)15-6-5-14;1-2/h1-4,14H,5-7H2;2H,1H3. The van der Waals surface area contributed by atoms with E-state index in [0.717, 1.165) is 0 Å². The molecule has 1 aromatic carbocycles. The van der Waals surface area contributed by atoms with Crippen molar-refractivity contribution in [3.05, 3.63) is 24.3 Å². The Labute approximate surface area is 109 Å². The van der Waals surface area contributed by atoms with Crippen molar-refractivity contribution in [3.8, 4) is 11.5 Å². The number of rotatable bonds is 5. The van der Waals surface area contributed by atoms with Crippen molar-refractivity contribution < 1.29 is 27.8 Å². The van der Waals surface area contributed by atoms with Crippen molar-refractivity contribution in [2.75, 3.05) is 26.1 Å². The minimum Gasteiger partial charge on any atom is -0.487 e. The minimum atomic E-state index is -4.38. The summed E-state index contributed by atoms with van der Waals surface area (Å²) in [4.78, 5) is 0. The van der Waals surface area contributed by atoms with Crippen LogP contribution >= 0.6 is 12.6 Å². The molecule has 0 aliphatic heterocycles. The molecule has 1 aromatic rings. The van der Waals surface area contributed by atoms with Gasteiger partial charge in [0.2, 0.25) is 0 Å². The lowest BCUT2D eigenvalue weighted by Gasteiger charge is -2.13. The molecule has 0 fully saturated rings. The molecule has 0 atom stereocenters. The van der Waals surface area contributed by atoms with E-state index in [4.69, 9.17) is 9.84 Å². The molecule has 0 radical (unpaired) electrons. The fraction of sp³-hybridized carbons (Fsp3) is 0.455. The highest BCUT2D eigenvalue weighted by Crippen LogP contribution is 2.28. The Bertz CT molecular complexity index is 332. The van der Waals surface area contributed by atoms with Crippen LogP contribution in [0.25, 0.3) is 0 Å². The van der Waals surface area contributed by atoms with Gasteiger partial charge in [-0.05, 0) is 18.4 Å². The van der Waals surface area contributed by atoms with Crippen LogP contribution in [0.1, 0.15) is 0 Å². The lowest BCUT2D eigenvalue weighted by Crippen LogP contribution is -2.19. The van der Waals surface area contributed by atoms with Crippen LogP contribution < -0.4 is 9.47 Å². The normalized spacial score (nSPS) is 10.3. The van der Waals surface area contributed by atoms with E-state index in [1.165, 1.54) is 18.2 Å². The van der Waals surface area contributed by atoms with Crippen LogP contribution in [0.2, 0.25) is 0 Å². The second kappa shape index (κ2) is 8.93. The number of hydrogen-bond donors (Lipinski definition) is 2. The van der Waals surface area contributed by atoms with Gasteiger partial charge in [0.1, 0.15) is 6.61 Å². The van der Waals surface area contributed by atoms with Gasteiger partial charge in [0.05, 0.1) is 6.61 Å². The summed E-state index contributed by atoms with van der Waals surface area (Å²) >= 11 is 3.53. The van der Waals surface area contributed by atoms with Crippen molar-refractivity contribution in [3.63, 3.8) is 0 Å². The van der Waals surface area contributed by atoms with Gasteiger partial charge < -0.3 is 14.6 Å². The Morgan fingerprint density at radius 3 is 2.06 bits per heavy atom. The van der Waals surface area contributed by atoms with Crippen LogP contribution in [0, 0.1) is 0 Å². The van der Waals surface area contributed by atoms with Crippen LogP contribution in [-0.4, -0.2) is 37.4 Å². The predicted molar refractivity (Wildman–Crippen MR) is 65.5 cm³/mol. The molecule has 0 saturated carbocycles. The number of alkyl halides is 3. The smallest absolute Gasteiger partial charge is 0.422 e. The highest BCUT2D eigenvalue weighted by atomic mass is 32.1. The number of thiol groups is 1. The molecule has 0 spiro atoms. The molecule has 3 nitrogen and oxygen atoms in total. The topological polar surface area (TPSA) is 38.7 Å². The average Bonchev–Trinajstić information content (AvgIpc) is 2.36. The summed E-state index contributed by atoms with van der Waals surface area (Å²) in [5, 5.41) is 8.53. The summed E-state index contributed by atoms with van der Waals surface area (Å²) in [7, 11) is 0. The minimum absolute atomic E-state index is 0.00634. The van der Waals surface area contributed by atoms with Gasteiger partial charge in [0, 0.05) is 0 Å². The van der Waals surface area contributed by atoms with Crippen molar-refractivity contribution in [2.24, 2.45) is 0 Å². The van der Waals surface area contributed by atoms with Gasteiger partial charge in [-0.1, -0.05) is 12.1 Å². The number of halogens is 3. The molecule has 0 bridgehead atoms. The Hall–Kier alpha value is -1.08.